The highest BCUT2D eigenvalue weighted by Crippen LogP contribution is 2.32. The molecule has 3 fully saturated rings. The van der Waals surface area contributed by atoms with E-state index in [0.29, 0.717) is 31.5 Å². The number of nitrogens with one attached hydrogen (secondary N) is 1. The number of amides is 1. The third-order valence-corrected chi connectivity index (χ3v) is 5.90. The minimum absolute atomic E-state index is 0.0509. The smallest absolute Gasteiger partial charge is 0.414 e. The Balaban J connectivity index is 1.24. The summed E-state index contributed by atoms with van der Waals surface area (Å²) in [6.45, 7) is 4.44. The van der Waals surface area contributed by atoms with Crippen molar-refractivity contribution in [2.45, 2.75) is 12.1 Å². The van der Waals surface area contributed by atoms with Gasteiger partial charge in [-0.2, -0.15) is 0 Å². The first-order valence-corrected chi connectivity index (χ1v) is 10.3. The van der Waals surface area contributed by atoms with Gasteiger partial charge in [0.15, 0.2) is 17.5 Å². The van der Waals surface area contributed by atoms with Crippen LogP contribution in [-0.4, -0.2) is 80.8 Å². The fraction of sp³-hybridized carbons (Fsp3) is 0.500. The van der Waals surface area contributed by atoms with Gasteiger partial charge in [-0.3, -0.25) is 9.80 Å². The highest BCUT2D eigenvalue weighted by atomic mass is 19.1. The van der Waals surface area contributed by atoms with E-state index in [4.69, 9.17) is 14.0 Å². The van der Waals surface area contributed by atoms with Gasteiger partial charge in [0.2, 0.25) is 0 Å². The molecule has 9 nitrogen and oxygen atoms in total. The molecule has 3 aliphatic heterocycles. The third kappa shape index (κ3) is 4.02. The van der Waals surface area contributed by atoms with Gasteiger partial charge in [-0.25, -0.2) is 13.6 Å². The first kappa shape index (κ1) is 20.0. The van der Waals surface area contributed by atoms with Crippen LogP contribution in [0.15, 0.2) is 29.0 Å². The largest absolute Gasteiger partial charge is 0.442 e. The van der Waals surface area contributed by atoms with Gasteiger partial charge in [0, 0.05) is 44.4 Å². The van der Waals surface area contributed by atoms with E-state index in [0.717, 1.165) is 26.3 Å². The number of cyclic esters (lactones) is 1. The molecule has 1 amide bonds. The first-order valence-electron chi connectivity index (χ1n) is 10.3. The van der Waals surface area contributed by atoms with Crippen LogP contribution < -0.4 is 15.1 Å². The SMILES string of the molecule is O=C1OC(CNc2ccon2)CN1c1cc(F)c(N2CCN(C3COC3)CC2)c(F)c1. The number of hydrogen-bond acceptors (Lipinski definition) is 8. The van der Waals surface area contributed by atoms with Gasteiger partial charge in [-0.1, -0.05) is 5.16 Å². The van der Waals surface area contributed by atoms with Gasteiger partial charge in [-0.05, 0) is 0 Å². The molecule has 0 saturated carbocycles. The Morgan fingerprint density at radius 3 is 2.48 bits per heavy atom. The van der Waals surface area contributed by atoms with Gasteiger partial charge in [0.05, 0.1) is 38.0 Å². The van der Waals surface area contributed by atoms with Crippen LogP contribution in [-0.2, 0) is 9.47 Å². The summed E-state index contributed by atoms with van der Waals surface area (Å²) >= 11 is 0. The molecule has 0 spiro atoms. The minimum atomic E-state index is -0.688. The molecule has 3 aliphatic rings. The van der Waals surface area contributed by atoms with Crippen molar-refractivity contribution < 1.29 is 27.6 Å². The maximum atomic E-state index is 14.9. The zero-order valence-electron chi connectivity index (χ0n) is 16.8. The van der Waals surface area contributed by atoms with Crippen molar-refractivity contribution in [3.8, 4) is 0 Å². The Kier molecular flexibility index (Phi) is 5.36. The molecule has 2 aromatic rings. The van der Waals surface area contributed by atoms with E-state index >= 15 is 0 Å². The van der Waals surface area contributed by atoms with Crippen LogP contribution in [0.1, 0.15) is 0 Å². The number of benzene rings is 1. The number of halogens is 2. The lowest BCUT2D eigenvalue weighted by atomic mass is 10.1. The average Bonchev–Trinajstić information content (AvgIpc) is 3.35. The van der Waals surface area contributed by atoms with Crippen molar-refractivity contribution >= 4 is 23.3 Å². The monoisotopic (exact) mass is 435 g/mol. The molecule has 1 unspecified atom stereocenters. The molecule has 4 heterocycles. The van der Waals surface area contributed by atoms with E-state index in [1.54, 1.807) is 11.0 Å². The molecule has 11 heteroatoms. The second-order valence-electron chi connectivity index (χ2n) is 7.85. The predicted octanol–water partition coefficient (Wildman–Crippen LogP) is 1.91. The van der Waals surface area contributed by atoms with Crippen molar-refractivity contribution in [1.82, 2.24) is 10.1 Å². The van der Waals surface area contributed by atoms with Gasteiger partial charge in [-0.15, -0.1) is 0 Å². The molecule has 0 aliphatic carbocycles. The molecule has 1 aromatic carbocycles. The number of hydrogen-bond donors (Lipinski definition) is 1. The Bertz CT molecular complexity index is 909. The topological polar surface area (TPSA) is 83.3 Å². The van der Waals surface area contributed by atoms with E-state index in [1.165, 1.54) is 23.3 Å². The fourth-order valence-corrected chi connectivity index (χ4v) is 4.12. The summed E-state index contributed by atoms with van der Waals surface area (Å²) < 4.78 is 45.1. The molecule has 31 heavy (non-hydrogen) atoms. The molecule has 0 radical (unpaired) electrons. The number of nitrogens with zero attached hydrogens (tertiary/aromatic N) is 4. The average molecular weight is 435 g/mol. The van der Waals surface area contributed by atoms with Gasteiger partial charge in [0.25, 0.3) is 0 Å². The van der Waals surface area contributed by atoms with Gasteiger partial charge in [0.1, 0.15) is 18.1 Å². The summed E-state index contributed by atoms with van der Waals surface area (Å²) in [5.74, 6) is -0.860. The Morgan fingerprint density at radius 2 is 1.87 bits per heavy atom. The van der Waals surface area contributed by atoms with Crippen LogP contribution >= 0.6 is 0 Å². The second-order valence-corrected chi connectivity index (χ2v) is 7.85. The molecule has 0 bridgehead atoms. The number of ether oxygens (including phenoxy) is 2. The van der Waals surface area contributed by atoms with Crippen molar-refractivity contribution in [2.24, 2.45) is 0 Å². The first-order chi connectivity index (χ1) is 15.1. The number of anilines is 3. The molecular weight excluding hydrogens is 412 g/mol. The Morgan fingerprint density at radius 1 is 1.13 bits per heavy atom. The number of rotatable bonds is 6. The number of piperazine rings is 1. The van der Waals surface area contributed by atoms with Crippen LogP contribution in [0, 0.1) is 11.6 Å². The maximum absolute atomic E-state index is 14.9. The number of aromatic nitrogens is 1. The lowest BCUT2D eigenvalue weighted by Gasteiger charge is -2.43. The van der Waals surface area contributed by atoms with Crippen LogP contribution in [0.5, 0.6) is 0 Å². The zero-order chi connectivity index (χ0) is 21.4. The van der Waals surface area contributed by atoms with Crippen LogP contribution in [0.4, 0.5) is 30.8 Å². The summed E-state index contributed by atoms with van der Waals surface area (Å²) in [5, 5.41) is 6.70. The second kappa shape index (κ2) is 8.31. The lowest BCUT2D eigenvalue weighted by molar-refractivity contribution is -0.0661. The molecule has 1 atom stereocenters. The Hall–Kier alpha value is -2.92. The summed E-state index contributed by atoms with van der Waals surface area (Å²) in [6.07, 6.45) is 0.290. The van der Waals surface area contributed by atoms with Gasteiger partial charge < -0.3 is 24.2 Å². The highest BCUT2D eigenvalue weighted by molar-refractivity contribution is 5.90. The number of carbonyl (C=O) groups is 1. The maximum Gasteiger partial charge on any atom is 0.414 e. The summed E-state index contributed by atoms with van der Waals surface area (Å²) in [4.78, 5) is 17.5. The van der Waals surface area contributed by atoms with Crippen molar-refractivity contribution in [1.29, 1.82) is 0 Å². The molecule has 3 saturated heterocycles. The quantitative estimate of drug-likeness (QED) is 0.737. The molecule has 1 aromatic heterocycles. The molecule has 1 N–H and O–H groups in total. The van der Waals surface area contributed by atoms with E-state index < -0.39 is 23.8 Å². The van der Waals surface area contributed by atoms with E-state index in [1.807, 2.05) is 0 Å². The summed E-state index contributed by atoms with van der Waals surface area (Å²) in [7, 11) is 0. The van der Waals surface area contributed by atoms with Crippen LogP contribution in [0.25, 0.3) is 0 Å². The molecule has 166 valence electrons. The van der Waals surface area contributed by atoms with Crippen molar-refractivity contribution in [2.75, 3.05) is 67.6 Å². The Labute approximate surface area is 177 Å². The summed E-state index contributed by atoms with van der Waals surface area (Å²) in [5.41, 5.74) is 0.0861. The molecular formula is C20H23F2N5O4. The van der Waals surface area contributed by atoms with Crippen LogP contribution in [0.2, 0.25) is 0 Å². The third-order valence-electron chi connectivity index (χ3n) is 5.90. The van der Waals surface area contributed by atoms with E-state index in [-0.39, 0.29) is 17.9 Å². The minimum Gasteiger partial charge on any atom is -0.442 e. The summed E-state index contributed by atoms with van der Waals surface area (Å²) in [6, 6.07) is 4.43. The zero-order valence-corrected chi connectivity index (χ0v) is 16.8. The lowest BCUT2D eigenvalue weighted by Crippen LogP contribution is -2.56. The predicted molar refractivity (Wildman–Crippen MR) is 107 cm³/mol. The van der Waals surface area contributed by atoms with Crippen LogP contribution in [0.3, 0.4) is 0 Å². The molecule has 5 rings (SSSR count). The van der Waals surface area contributed by atoms with E-state index in [2.05, 4.69) is 15.4 Å². The van der Waals surface area contributed by atoms with E-state index in [9.17, 15) is 13.6 Å². The van der Waals surface area contributed by atoms with Crippen molar-refractivity contribution in [3.05, 3.63) is 36.1 Å². The highest BCUT2D eigenvalue weighted by Gasteiger charge is 2.34. The standard InChI is InChI=1S/C20H23F2N5O4/c21-16-7-13(27-10-15(31-20(27)28)9-23-18-1-6-30-24-18)8-17(22)19(16)26-4-2-25(3-5-26)14-11-29-12-14/h1,6-8,14-15H,2-5,9-12H2,(H,23,24). The van der Waals surface area contributed by atoms with Crippen molar-refractivity contribution in [3.63, 3.8) is 0 Å². The normalized spacial score (nSPS) is 22.5. The fourth-order valence-electron chi connectivity index (χ4n) is 4.12. The van der Waals surface area contributed by atoms with Gasteiger partial charge >= 0.3 is 6.09 Å². The number of carbonyl (C=O) groups excluding carboxylic acids is 1.